The van der Waals surface area contributed by atoms with E-state index in [4.69, 9.17) is 5.11 Å². The molecule has 0 radical (unpaired) electrons. The summed E-state index contributed by atoms with van der Waals surface area (Å²) in [6, 6.07) is 2.79. The van der Waals surface area contributed by atoms with E-state index in [9.17, 15) is 9.59 Å². The topological polar surface area (TPSA) is 66.4 Å². The van der Waals surface area contributed by atoms with Crippen LogP contribution in [0.3, 0.4) is 0 Å². The molecule has 0 aliphatic rings. The molecule has 1 unspecified atom stereocenters. The van der Waals surface area contributed by atoms with Gasteiger partial charge < -0.3 is 10.4 Å². The average Bonchev–Trinajstić information content (AvgIpc) is 2.32. The summed E-state index contributed by atoms with van der Waals surface area (Å²) < 4.78 is 0.935. The third-order valence-electron chi connectivity index (χ3n) is 2.93. The molecule has 0 saturated heterocycles. The van der Waals surface area contributed by atoms with Crippen LogP contribution < -0.4 is 5.32 Å². The van der Waals surface area contributed by atoms with E-state index in [1.54, 1.807) is 6.07 Å². The molecular formula is C14H18BrNO3. The molecule has 1 rings (SSSR count). The molecule has 0 bridgehead atoms. The third kappa shape index (κ3) is 4.06. The van der Waals surface area contributed by atoms with Gasteiger partial charge in [-0.15, -0.1) is 0 Å². The maximum atomic E-state index is 12.1. The van der Waals surface area contributed by atoms with Gasteiger partial charge in [-0.2, -0.15) is 0 Å². The summed E-state index contributed by atoms with van der Waals surface area (Å²) >= 11 is 3.40. The second kappa shape index (κ2) is 6.70. The second-order valence-corrected chi connectivity index (χ2v) is 5.42. The Kier molecular flexibility index (Phi) is 5.54. The van der Waals surface area contributed by atoms with Crippen LogP contribution >= 0.6 is 15.9 Å². The molecule has 0 aliphatic heterocycles. The first-order chi connectivity index (χ1) is 8.86. The van der Waals surface area contributed by atoms with Gasteiger partial charge in [0, 0.05) is 10.0 Å². The van der Waals surface area contributed by atoms with Crippen molar-refractivity contribution in [3.8, 4) is 0 Å². The van der Waals surface area contributed by atoms with Gasteiger partial charge in [0.15, 0.2) is 0 Å². The van der Waals surface area contributed by atoms with Crippen molar-refractivity contribution in [2.45, 2.75) is 39.7 Å². The fourth-order valence-electron chi connectivity index (χ4n) is 1.81. The number of carboxylic acid groups (broad SMARTS) is 1. The van der Waals surface area contributed by atoms with Crippen molar-refractivity contribution in [1.82, 2.24) is 5.32 Å². The van der Waals surface area contributed by atoms with Gasteiger partial charge in [0.05, 0.1) is 0 Å². The van der Waals surface area contributed by atoms with Crippen LogP contribution in [-0.2, 0) is 4.79 Å². The van der Waals surface area contributed by atoms with E-state index in [-0.39, 0.29) is 5.91 Å². The number of carbonyl (C=O) groups excluding carboxylic acids is 1. The third-order valence-corrected chi connectivity index (χ3v) is 3.79. The maximum Gasteiger partial charge on any atom is 0.326 e. The van der Waals surface area contributed by atoms with Gasteiger partial charge >= 0.3 is 5.97 Å². The van der Waals surface area contributed by atoms with Crippen LogP contribution in [-0.4, -0.2) is 23.0 Å². The molecule has 19 heavy (non-hydrogen) atoms. The highest BCUT2D eigenvalue weighted by molar-refractivity contribution is 9.10. The van der Waals surface area contributed by atoms with Gasteiger partial charge in [-0.3, -0.25) is 4.79 Å². The molecule has 1 atom stereocenters. The number of benzene rings is 1. The highest BCUT2D eigenvalue weighted by Crippen LogP contribution is 2.21. The Balaban J connectivity index is 2.94. The normalized spacial score (nSPS) is 12.0. The van der Waals surface area contributed by atoms with Crippen molar-refractivity contribution < 1.29 is 14.7 Å². The highest BCUT2D eigenvalue weighted by atomic mass is 79.9. The molecule has 0 saturated carbocycles. The lowest BCUT2D eigenvalue weighted by Gasteiger charge is -2.15. The van der Waals surface area contributed by atoms with Crippen molar-refractivity contribution in [1.29, 1.82) is 0 Å². The molecule has 1 amide bonds. The number of carbonyl (C=O) groups is 2. The zero-order valence-corrected chi connectivity index (χ0v) is 12.9. The molecule has 0 fully saturated rings. The minimum Gasteiger partial charge on any atom is -0.480 e. The molecular weight excluding hydrogens is 310 g/mol. The summed E-state index contributed by atoms with van der Waals surface area (Å²) in [6.07, 6.45) is 1.13. The summed E-state index contributed by atoms with van der Waals surface area (Å²) in [6.45, 7) is 5.60. The number of halogens is 1. The SMILES string of the molecule is CCCC(NC(=O)c1cc(C)c(Br)cc1C)C(=O)O. The van der Waals surface area contributed by atoms with Gasteiger partial charge in [-0.05, 0) is 43.5 Å². The zero-order chi connectivity index (χ0) is 14.6. The average molecular weight is 328 g/mol. The fraction of sp³-hybridized carbons (Fsp3) is 0.429. The first-order valence-electron chi connectivity index (χ1n) is 6.17. The minimum absolute atomic E-state index is 0.339. The number of aliphatic carboxylic acids is 1. The summed E-state index contributed by atoms with van der Waals surface area (Å²) in [7, 11) is 0. The molecule has 104 valence electrons. The van der Waals surface area contributed by atoms with Crippen LogP contribution in [0, 0.1) is 13.8 Å². The van der Waals surface area contributed by atoms with Crippen LogP contribution in [0.4, 0.5) is 0 Å². The van der Waals surface area contributed by atoms with Crippen molar-refractivity contribution in [3.63, 3.8) is 0 Å². The van der Waals surface area contributed by atoms with Crippen LogP contribution in [0.5, 0.6) is 0 Å². The van der Waals surface area contributed by atoms with E-state index in [1.165, 1.54) is 0 Å². The Labute approximate surface area is 121 Å². The quantitative estimate of drug-likeness (QED) is 0.873. The summed E-state index contributed by atoms with van der Waals surface area (Å²) in [4.78, 5) is 23.2. The minimum atomic E-state index is -0.998. The predicted octanol–water partition coefficient (Wildman–Crippen LogP) is 3.05. The van der Waals surface area contributed by atoms with Crippen molar-refractivity contribution in [3.05, 3.63) is 33.3 Å². The van der Waals surface area contributed by atoms with Gasteiger partial charge in [0.2, 0.25) is 0 Å². The van der Waals surface area contributed by atoms with E-state index < -0.39 is 12.0 Å². The summed E-state index contributed by atoms with van der Waals surface area (Å²) in [5, 5.41) is 11.6. The molecule has 0 aromatic heterocycles. The molecule has 0 aliphatic carbocycles. The fourth-order valence-corrected chi connectivity index (χ4v) is 2.27. The first kappa shape index (κ1) is 15.7. The maximum absolute atomic E-state index is 12.1. The van der Waals surface area contributed by atoms with Gasteiger partial charge in [0.1, 0.15) is 6.04 Å². The van der Waals surface area contributed by atoms with Crippen molar-refractivity contribution in [2.24, 2.45) is 0 Å². The molecule has 0 spiro atoms. The Bertz CT molecular complexity index is 500. The van der Waals surface area contributed by atoms with E-state index in [1.807, 2.05) is 26.8 Å². The van der Waals surface area contributed by atoms with Crippen LogP contribution in [0.2, 0.25) is 0 Å². The molecule has 4 nitrogen and oxygen atoms in total. The van der Waals surface area contributed by atoms with Gasteiger partial charge in [-0.1, -0.05) is 29.3 Å². The molecule has 2 N–H and O–H groups in total. The predicted molar refractivity (Wildman–Crippen MR) is 77.4 cm³/mol. The van der Waals surface area contributed by atoms with E-state index in [0.29, 0.717) is 18.4 Å². The summed E-state index contributed by atoms with van der Waals surface area (Å²) in [5.41, 5.74) is 2.27. The molecule has 0 heterocycles. The Morgan fingerprint density at radius 2 is 1.95 bits per heavy atom. The molecule has 1 aromatic rings. The number of carboxylic acids is 1. The van der Waals surface area contributed by atoms with E-state index in [0.717, 1.165) is 15.6 Å². The van der Waals surface area contributed by atoms with Gasteiger partial charge in [0.25, 0.3) is 5.91 Å². The molecule has 5 heteroatoms. The number of hydrogen-bond donors (Lipinski definition) is 2. The number of nitrogens with one attached hydrogen (secondary N) is 1. The smallest absolute Gasteiger partial charge is 0.326 e. The number of hydrogen-bond acceptors (Lipinski definition) is 2. The number of amides is 1. The van der Waals surface area contributed by atoms with Crippen molar-refractivity contribution in [2.75, 3.05) is 0 Å². The largest absolute Gasteiger partial charge is 0.480 e. The van der Waals surface area contributed by atoms with Crippen LogP contribution in [0.25, 0.3) is 0 Å². The lowest BCUT2D eigenvalue weighted by atomic mass is 10.0. The number of aryl methyl sites for hydroxylation is 2. The zero-order valence-electron chi connectivity index (χ0n) is 11.3. The number of rotatable bonds is 5. The monoisotopic (exact) mass is 327 g/mol. The lowest BCUT2D eigenvalue weighted by Crippen LogP contribution is -2.40. The first-order valence-corrected chi connectivity index (χ1v) is 6.96. The lowest BCUT2D eigenvalue weighted by molar-refractivity contribution is -0.139. The van der Waals surface area contributed by atoms with E-state index >= 15 is 0 Å². The van der Waals surface area contributed by atoms with Gasteiger partial charge in [-0.25, -0.2) is 4.79 Å². The Morgan fingerprint density at radius 1 is 1.32 bits per heavy atom. The highest BCUT2D eigenvalue weighted by Gasteiger charge is 2.20. The standard InChI is InChI=1S/C14H18BrNO3/c1-4-5-12(14(18)19)16-13(17)10-6-9(3)11(15)7-8(10)2/h6-7,12H,4-5H2,1-3H3,(H,16,17)(H,18,19). The van der Waals surface area contributed by atoms with Crippen LogP contribution in [0.15, 0.2) is 16.6 Å². The van der Waals surface area contributed by atoms with Crippen LogP contribution in [0.1, 0.15) is 41.3 Å². The van der Waals surface area contributed by atoms with E-state index in [2.05, 4.69) is 21.2 Å². The van der Waals surface area contributed by atoms with Crippen molar-refractivity contribution >= 4 is 27.8 Å². The second-order valence-electron chi connectivity index (χ2n) is 4.57. The Hall–Kier alpha value is -1.36. The Morgan fingerprint density at radius 3 is 2.47 bits per heavy atom. The molecule has 1 aromatic carbocycles. The summed E-state index contributed by atoms with van der Waals surface area (Å²) in [5.74, 6) is -1.34.